The van der Waals surface area contributed by atoms with E-state index < -0.39 is 0 Å². The van der Waals surface area contributed by atoms with E-state index in [4.69, 9.17) is 4.74 Å². The third-order valence-corrected chi connectivity index (χ3v) is 8.61. The van der Waals surface area contributed by atoms with Gasteiger partial charge in [0.15, 0.2) is 5.75 Å². The Morgan fingerprint density at radius 2 is 1.14 bits per heavy atom. The number of benzene rings is 5. The third-order valence-electron chi connectivity index (χ3n) is 8.61. The van der Waals surface area contributed by atoms with E-state index >= 15 is 0 Å². The molecule has 0 heterocycles. The molecule has 49 heavy (non-hydrogen) atoms. The lowest BCUT2D eigenvalue weighted by molar-refractivity contribution is 0.484. The number of hydrogen-bond acceptors (Lipinski definition) is 2. The molecule has 5 rings (SSSR count). The first-order chi connectivity index (χ1) is 23.7. The first-order valence-corrected chi connectivity index (χ1v) is 18.6. The van der Waals surface area contributed by atoms with Gasteiger partial charge in [-0.3, -0.25) is 0 Å². The van der Waals surface area contributed by atoms with Gasteiger partial charge in [0.2, 0.25) is 0 Å². The Morgan fingerprint density at radius 3 is 1.78 bits per heavy atom. The highest BCUT2D eigenvalue weighted by Gasteiger charge is 2.28. The molecule has 2 nitrogen and oxygen atoms in total. The molecular weight excluding hydrogens is 595 g/mol. The van der Waals surface area contributed by atoms with Gasteiger partial charge in [0.25, 0.3) is 0 Å². The van der Waals surface area contributed by atoms with Gasteiger partial charge in [-0.15, -0.1) is 0 Å². The third kappa shape index (κ3) is 11.1. The molecule has 0 aliphatic carbocycles. The minimum atomic E-state index is -0.0763. The van der Waals surface area contributed by atoms with E-state index in [1.54, 1.807) is 0 Å². The molecule has 0 aromatic heterocycles. The molecule has 0 atom stereocenters. The fourth-order valence-electron chi connectivity index (χ4n) is 6.01. The van der Waals surface area contributed by atoms with Crippen LogP contribution in [0.15, 0.2) is 109 Å². The van der Waals surface area contributed by atoms with Crippen LogP contribution < -0.4 is 10.1 Å². The van der Waals surface area contributed by atoms with Gasteiger partial charge >= 0.3 is 0 Å². The molecule has 5 aromatic rings. The van der Waals surface area contributed by atoms with Crippen LogP contribution in [-0.2, 0) is 11.8 Å². The van der Waals surface area contributed by atoms with Gasteiger partial charge in [0.1, 0.15) is 5.75 Å². The minimum absolute atomic E-state index is 0.0763. The van der Waals surface area contributed by atoms with Crippen LogP contribution in [0.2, 0.25) is 0 Å². The van der Waals surface area contributed by atoms with Crippen LogP contribution >= 0.6 is 0 Å². The van der Waals surface area contributed by atoms with Crippen LogP contribution in [0.3, 0.4) is 0 Å². The van der Waals surface area contributed by atoms with E-state index in [9.17, 15) is 0 Å². The van der Waals surface area contributed by atoms with Crippen molar-refractivity contribution in [1.29, 1.82) is 0 Å². The van der Waals surface area contributed by atoms with Gasteiger partial charge in [0.05, 0.1) is 5.69 Å². The SMILES string of the molecule is CC.CC.CCCC.CCCc1ccccc1C(C)(C)c1cc(C)c(-c2ccc(Oc3ccccc3Nc3ccccc3)cc2C)cc1C. The quantitative estimate of drug-likeness (QED) is 0.161. The molecule has 0 aliphatic rings. The summed E-state index contributed by atoms with van der Waals surface area (Å²) in [5, 5.41) is 3.47. The second kappa shape index (κ2) is 20.9. The van der Waals surface area contributed by atoms with Crippen molar-refractivity contribution in [2.75, 3.05) is 5.32 Å². The fraction of sp³-hybridized carbons (Fsp3) is 0.362. The maximum absolute atomic E-state index is 6.39. The highest BCUT2D eigenvalue weighted by Crippen LogP contribution is 2.40. The molecule has 0 saturated carbocycles. The van der Waals surface area contributed by atoms with E-state index in [1.807, 2.05) is 70.2 Å². The van der Waals surface area contributed by atoms with E-state index in [1.165, 1.54) is 57.3 Å². The molecule has 0 unspecified atom stereocenters. The van der Waals surface area contributed by atoms with Crippen molar-refractivity contribution in [2.45, 2.75) is 114 Å². The zero-order chi connectivity index (χ0) is 36.4. The predicted octanol–water partition coefficient (Wildman–Crippen LogP) is 15.0. The Morgan fingerprint density at radius 1 is 0.551 bits per heavy atom. The number of hydrogen-bond donors (Lipinski definition) is 1. The second-order valence-corrected chi connectivity index (χ2v) is 12.6. The number of anilines is 2. The predicted molar refractivity (Wildman–Crippen MR) is 218 cm³/mol. The Hall–Kier alpha value is -4.30. The summed E-state index contributed by atoms with van der Waals surface area (Å²) in [6, 6.07) is 38.4. The average Bonchev–Trinajstić information content (AvgIpc) is 3.13. The van der Waals surface area contributed by atoms with Gasteiger partial charge < -0.3 is 10.1 Å². The zero-order valence-electron chi connectivity index (χ0n) is 32.6. The Bertz CT molecular complexity index is 1680. The summed E-state index contributed by atoms with van der Waals surface area (Å²) >= 11 is 0. The molecule has 0 radical (unpaired) electrons. The van der Waals surface area contributed by atoms with Gasteiger partial charge in [-0.2, -0.15) is 0 Å². The number of para-hydroxylation sites is 3. The molecule has 262 valence electrons. The highest BCUT2D eigenvalue weighted by atomic mass is 16.5. The average molecular weight is 658 g/mol. The molecule has 0 aliphatic heterocycles. The normalized spacial score (nSPS) is 10.4. The smallest absolute Gasteiger partial charge is 0.150 e. The van der Waals surface area contributed by atoms with E-state index in [0.29, 0.717) is 0 Å². The van der Waals surface area contributed by atoms with Crippen LogP contribution in [0.4, 0.5) is 11.4 Å². The molecule has 0 saturated heterocycles. The number of unbranched alkanes of at least 4 members (excludes halogenated alkanes) is 1. The van der Waals surface area contributed by atoms with Crippen molar-refractivity contribution >= 4 is 11.4 Å². The van der Waals surface area contributed by atoms with Crippen molar-refractivity contribution in [3.8, 4) is 22.6 Å². The maximum atomic E-state index is 6.39. The summed E-state index contributed by atoms with van der Waals surface area (Å²) in [6.45, 7) is 26.0. The summed E-state index contributed by atoms with van der Waals surface area (Å²) in [5.41, 5.74) is 12.5. The van der Waals surface area contributed by atoms with Gasteiger partial charge in [-0.05, 0) is 108 Å². The number of ether oxygens (including phenoxy) is 1. The lowest BCUT2D eigenvalue weighted by atomic mass is 9.73. The van der Waals surface area contributed by atoms with Gasteiger partial charge in [-0.25, -0.2) is 0 Å². The van der Waals surface area contributed by atoms with Crippen LogP contribution in [0.5, 0.6) is 11.5 Å². The molecule has 2 heteroatoms. The lowest BCUT2D eigenvalue weighted by Crippen LogP contribution is -2.22. The molecule has 5 aromatic carbocycles. The highest BCUT2D eigenvalue weighted by molar-refractivity contribution is 5.73. The van der Waals surface area contributed by atoms with Crippen LogP contribution in [0.25, 0.3) is 11.1 Å². The van der Waals surface area contributed by atoms with E-state index in [0.717, 1.165) is 35.7 Å². The zero-order valence-corrected chi connectivity index (χ0v) is 32.6. The van der Waals surface area contributed by atoms with Crippen molar-refractivity contribution in [3.05, 3.63) is 143 Å². The van der Waals surface area contributed by atoms with E-state index in [2.05, 4.69) is 127 Å². The maximum Gasteiger partial charge on any atom is 0.150 e. The lowest BCUT2D eigenvalue weighted by Gasteiger charge is -2.31. The number of nitrogens with one attached hydrogen (secondary N) is 1. The first kappa shape index (κ1) is 40.9. The summed E-state index contributed by atoms with van der Waals surface area (Å²) in [5.74, 6) is 1.62. The summed E-state index contributed by atoms with van der Waals surface area (Å²) in [6.07, 6.45) is 4.90. The number of aryl methyl sites for hydroxylation is 4. The van der Waals surface area contributed by atoms with Crippen LogP contribution in [0.1, 0.15) is 115 Å². The van der Waals surface area contributed by atoms with E-state index in [-0.39, 0.29) is 5.41 Å². The largest absolute Gasteiger partial charge is 0.455 e. The molecule has 0 amide bonds. The van der Waals surface area contributed by atoms with Crippen molar-refractivity contribution in [1.82, 2.24) is 0 Å². The van der Waals surface area contributed by atoms with Crippen LogP contribution in [-0.4, -0.2) is 0 Å². The molecule has 0 bridgehead atoms. The monoisotopic (exact) mass is 657 g/mol. The Labute approximate surface area is 300 Å². The van der Waals surface area contributed by atoms with Crippen molar-refractivity contribution in [2.24, 2.45) is 0 Å². The van der Waals surface area contributed by atoms with Crippen molar-refractivity contribution < 1.29 is 4.74 Å². The summed E-state index contributed by atoms with van der Waals surface area (Å²) in [7, 11) is 0. The Balaban J connectivity index is 0.000000956. The standard InChI is InChI=1S/C39H41NO.C4H10.2C2H6/c1-7-15-30-16-11-12-19-35(30)39(5,6)36-26-28(3)34(25-29(36)4)33-23-22-32(24-27(33)2)41-38-21-14-13-20-37(38)40-31-17-9-8-10-18-31;1-3-4-2;2*1-2/h8-14,16-26,40H,7,15H2,1-6H3;3-4H2,1-2H3;2*1-2H3. The topological polar surface area (TPSA) is 21.3 Å². The number of rotatable bonds is 10. The fourth-order valence-corrected chi connectivity index (χ4v) is 6.01. The van der Waals surface area contributed by atoms with Gasteiger partial charge in [0, 0.05) is 11.1 Å². The minimum Gasteiger partial charge on any atom is -0.455 e. The van der Waals surface area contributed by atoms with Crippen molar-refractivity contribution in [3.63, 3.8) is 0 Å². The molecule has 0 spiro atoms. The Kier molecular flexibility index (Phi) is 17.5. The first-order valence-electron chi connectivity index (χ1n) is 18.6. The molecular formula is C47H63NO. The summed E-state index contributed by atoms with van der Waals surface area (Å²) < 4.78 is 6.39. The summed E-state index contributed by atoms with van der Waals surface area (Å²) in [4.78, 5) is 0. The molecule has 1 N–H and O–H groups in total. The van der Waals surface area contributed by atoms with Crippen LogP contribution in [0, 0.1) is 20.8 Å². The van der Waals surface area contributed by atoms with Gasteiger partial charge in [-0.1, -0.05) is 154 Å². The molecule has 0 fully saturated rings. The second-order valence-electron chi connectivity index (χ2n) is 12.6.